The van der Waals surface area contributed by atoms with Crippen LogP contribution in [0.5, 0.6) is 0 Å². The smallest absolute Gasteiger partial charge is 0.0634 e. The molecule has 0 aromatic rings. The molecule has 3 heteroatoms. The molecule has 1 aliphatic carbocycles. The fraction of sp³-hybridized carbons (Fsp3) is 1.00. The Balaban J connectivity index is 1.99. The molecule has 1 saturated carbocycles. The molecule has 1 heterocycles. The van der Waals surface area contributed by atoms with Gasteiger partial charge in [-0.25, -0.2) is 0 Å². The van der Waals surface area contributed by atoms with Crippen molar-refractivity contribution in [1.29, 1.82) is 0 Å². The molecular weight excluding hydrogens is 248 g/mol. The summed E-state index contributed by atoms with van der Waals surface area (Å²) in [5, 5.41) is 3.86. The third-order valence-electron chi connectivity index (χ3n) is 5.52. The Hall–Kier alpha value is -0.120. The number of methoxy groups -OCH3 is 1. The van der Waals surface area contributed by atoms with Gasteiger partial charge in [-0.2, -0.15) is 0 Å². The van der Waals surface area contributed by atoms with Crippen molar-refractivity contribution >= 4 is 0 Å². The molecule has 1 aliphatic heterocycles. The second kappa shape index (κ2) is 5.94. The minimum absolute atomic E-state index is 0.0115. The van der Waals surface area contributed by atoms with E-state index in [2.05, 4.69) is 44.8 Å². The molecule has 0 bridgehead atoms. The number of rotatable bonds is 6. The summed E-state index contributed by atoms with van der Waals surface area (Å²) in [6.07, 6.45) is 3.92. The van der Waals surface area contributed by atoms with Crippen LogP contribution in [0.25, 0.3) is 0 Å². The van der Waals surface area contributed by atoms with E-state index >= 15 is 0 Å². The molecule has 0 aromatic heterocycles. The normalized spacial score (nSPS) is 32.9. The molecule has 118 valence electrons. The summed E-state index contributed by atoms with van der Waals surface area (Å²) in [5.74, 6) is 1.60. The molecule has 2 unspecified atom stereocenters. The highest BCUT2D eigenvalue weighted by Crippen LogP contribution is 2.41. The van der Waals surface area contributed by atoms with Gasteiger partial charge in [-0.1, -0.05) is 13.8 Å². The standard InChI is InChI=1S/C17H34N2O/c1-13(2)15-11-18-17(5,14-7-8-14)12-19(15)10-9-16(3,4)20-6/h13-15,18H,7-12H2,1-6H3. The van der Waals surface area contributed by atoms with Crippen LogP contribution in [0.4, 0.5) is 0 Å². The third-order valence-corrected chi connectivity index (χ3v) is 5.52. The predicted molar refractivity (Wildman–Crippen MR) is 85.0 cm³/mol. The Morgan fingerprint density at radius 2 is 2.00 bits per heavy atom. The van der Waals surface area contributed by atoms with Gasteiger partial charge in [-0.15, -0.1) is 0 Å². The maximum atomic E-state index is 5.59. The van der Waals surface area contributed by atoms with Gasteiger partial charge in [-0.3, -0.25) is 4.90 Å². The molecule has 1 saturated heterocycles. The number of ether oxygens (including phenoxy) is 1. The average Bonchev–Trinajstić information content (AvgIpc) is 3.21. The van der Waals surface area contributed by atoms with Gasteiger partial charge in [0.1, 0.15) is 0 Å². The van der Waals surface area contributed by atoms with Gasteiger partial charge in [0, 0.05) is 38.3 Å². The average molecular weight is 282 g/mol. The minimum atomic E-state index is -0.0115. The van der Waals surface area contributed by atoms with Crippen LogP contribution in [0.3, 0.4) is 0 Å². The highest BCUT2D eigenvalue weighted by Gasteiger charge is 2.46. The first-order valence-electron chi connectivity index (χ1n) is 8.32. The summed E-state index contributed by atoms with van der Waals surface area (Å²) in [6.45, 7) is 15.0. The fourth-order valence-electron chi connectivity index (χ4n) is 3.47. The van der Waals surface area contributed by atoms with Crippen LogP contribution in [-0.2, 0) is 4.74 Å². The molecule has 1 N–H and O–H groups in total. The first kappa shape index (κ1) is 16.3. The highest BCUT2D eigenvalue weighted by atomic mass is 16.5. The van der Waals surface area contributed by atoms with Crippen molar-refractivity contribution in [3.05, 3.63) is 0 Å². The van der Waals surface area contributed by atoms with Crippen molar-refractivity contribution in [2.75, 3.05) is 26.7 Å². The van der Waals surface area contributed by atoms with Gasteiger partial charge in [-0.05, 0) is 51.9 Å². The van der Waals surface area contributed by atoms with Crippen LogP contribution < -0.4 is 5.32 Å². The number of nitrogens with one attached hydrogen (secondary N) is 1. The Morgan fingerprint density at radius 1 is 1.35 bits per heavy atom. The molecular formula is C17H34N2O. The van der Waals surface area contributed by atoms with Crippen LogP contribution >= 0.6 is 0 Å². The van der Waals surface area contributed by atoms with Crippen molar-refractivity contribution in [2.24, 2.45) is 11.8 Å². The van der Waals surface area contributed by atoms with Crippen LogP contribution in [0.15, 0.2) is 0 Å². The number of nitrogens with zero attached hydrogens (tertiary/aromatic N) is 1. The van der Waals surface area contributed by atoms with Gasteiger partial charge in [0.05, 0.1) is 5.60 Å². The zero-order valence-corrected chi connectivity index (χ0v) is 14.3. The van der Waals surface area contributed by atoms with E-state index in [0.717, 1.165) is 25.4 Å². The maximum Gasteiger partial charge on any atom is 0.0634 e. The van der Waals surface area contributed by atoms with Gasteiger partial charge < -0.3 is 10.1 Å². The molecule has 2 atom stereocenters. The summed E-state index contributed by atoms with van der Waals surface area (Å²) in [5.41, 5.74) is 0.324. The van der Waals surface area contributed by atoms with Gasteiger partial charge in [0.2, 0.25) is 0 Å². The topological polar surface area (TPSA) is 24.5 Å². The van der Waals surface area contributed by atoms with Crippen LogP contribution in [0.2, 0.25) is 0 Å². The lowest BCUT2D eigenvalue weighted by Gasteiger charge is -2.48. The Kier molecular flexibility index (Phi) is 4.83. The quantitative estimate of drug-likeness (QED) is 0.811. The van der Waals surface area contributed by atoms with Crippen molar-refractivity contribution in [3.63, 3.8) is 0 Å². The first-order valence-corrected chi connectivity index (χ1v) is 8.32. The molecule has 0 spiro atoms. The first-order chi connectivity index (χ1) is 9.27. The zero-order chi connectivity index (χ0) is 15.0. The van der Waals surface area contributed by atoms with E-state index < -0.39 is 0 Å². The zero-order valence-electron chi connectivity index (χ0n) is 14.3. The predicted octanol–water partition coefficient (Wildman–Crippen LogP) is 2.90. The molecule has 2 fully saturated rings. The molecule has 0 amide bonds. The Labute approximate surface area is 125 Å². The summed E-state index contributed by atoms with van der Waals surface area (Å²) in [7, 11) is 1.83. The lowest BCUT2D eigenvalue weighted by Crippen LogP contribution is -2.65. The van der Waals surface area contributed by atoms with Crippen LogP contribution in [0.1, 0.15) is 53.9 Å². The molecule has 0 radical (unpaired) electrons. The van der Waals surface area contributed by atoms with E-state index in [0.29, 0.717) is 17.5 Å². The minimum Gasteiger partial charge on any atom is -0.379 e. The van der Waals surface area contributed by atoms with Crippen LogP contribution in [-0.4, -0.2) is 48.8 Å². The number of piperazine rings is 1. The van der Waals surface area contributed by atoms with Crippen molar-refractivity contribution in [3.8, 4) is 0 Å². The fourth-order valence-corrected chi connectivity index (χ4v) is 3.47. The van der Waals surface area contributed by atoms with E-state index in [1.54, 1.807) is 0 Å². The van der Waals surface area contributed by atoms with E-state index in [1.807, 2.05) is 7.11 Å². The summed E-state index contributed by atoms with van der Waals surface area (Å²) in [4.78, 5) is 2.72. The van der Waals surface area contributed by atoms with Crippen molar-refractivity contribution in [1.82, 2.24) is 10.2 Å². The van der Waals surface area contributed by atoms with Gasteiger partial charge in [0.15, 0.2) is 0 Å². The van der Waals surface area contributed by atoms with Crippen LogP contribution in [0, 0.1) is 11.8 Å². The van der Waals surface area contributed by atoms with E-state index in [-0.39, 0.29) is 5.60 Å². The SMILES string of the molecule is COC(C)(C)CCN1CC(C)(C2CC2)NCC1C(C)C. The molecule has 20 heavy (non-hydrogen) atoms. The highest BCUT2D eigenvalue weighted by molar-refractivity contribution is 5.04. The van der Waals surface area contributed by atoms with E-state index in [9.17, 15) is 0 Å². The molecule has 0 aromatic carbocycles. The van der Waals surface area contributed by atoms with E-state index in [1.165, 1.54) is 19.4 Å². The lowest BCUT2D eigenvalue weighted by molar-refractivity contribution is -0.0117. The Bertz CT molecular complexity index is 325. The third kappa shape index (κ3) is 3.75. The summed E-state index contributed by atoms with van der Waals surface area (Å²) in [6, 6.07) is 0.662. The molecule has 3 nitrogen and oxygen atoms in total. The second-order valence-corrected chi connectivity index (χ2v) is 8.07. The Morgan fingerprint density at radius 3 is 2.50 bits per heavy atom. The monoisotopic (exact) mass is 282 g/mol. The lowest BCUT2D eigenvalue weighted by atomic mass is 9.87. The number of hydrogen-bond donors (Lipinski definition) is 1. The summed E-state index contributed by atoms with van der Waals surface area (Å²) < 4.78 is 5.59. The van der Waals surface area contributed by atoms with E-state index in [4.69, 9.17) is 4.74 Å². The molecule has 2 aliphatic rings. The second-order valence-electron chi connectivity index (χ2n) is 8.07. The maximum absolute atomic E-state index is 5.59. The molecule has 2 rings (SSSR count). The summed E-state index contributed by atoms with van der Waals surface area (Å²) >= 11 is 0. The number of hydrogen-bond acceptors (Lipinski definition) is 3. The largest absolute Gasteiger partial charge is 0.379 e. The van der Waals surface area contributed by atoms with Gasteiger partial charge in [0.25, 0.3) is 0 Å². The van der Waals surface area contributed by atoms with Crippen molar-refractivity contribution in [2.45, 2.75) is 71.1 Å². The van der Waals surface area contributed by atoms with Gasteiger partial charge >= 0.3 is 0 Å². The van der Waals surface area contributed by atoms with Crippen molar-refractivity contribution < 1.29 is 4.74 Å².